The van der Waals surface area contributed by atoms with Crippen LogP contribution in [0.2, 0.25) is 0 Å². The standard InChI is InChI=1S/C65H112O5/c1-4-7-10-13-16-19-22-25-28-31-32-33-36-39-42-45-48-51-54-57-60-68-61-63(70-65(67)59-56-53-50-47-44-41-38-35-30-27-24-21-18-15-12-9-6-3)62-69-64(66)58-55-52-49-46-43-40-37-34-29-26-23-20-17-14-11-8-5-2/h8-9,11-12,17-18,20-21,26-27,29-30,37-38,40-41,63H,4-7,10,13-16,19,22-25,28,31-36,39,42-62H2,1-3H3/b11-8-,12-9-,20-17-,21-18-,29-26-,30-27-,40-37-,41-38-. The smallest absolute Gasteiger partial charge is 0.306 e. The van der Waals surface area contributed by atoms with Gasteiger partial charge in [0.05, 0.1) is 6.61 Å². The Morgan fingerprint density at radius 1 is 0.329 bits per heavy atom. The largest absolute Gasteiger partial charge is 0.462 e. The van der Waals surface area contributed by atoms with Crippen molar-refractivity contribution in [3.8, 4) is 0 Å². The highest BCUT2D eigenvalue weighted by Gasteiger charge is 2.17. The second kappa shape index (κ2) is 60.1. The van der Waals surface area contributed by atoms with Crippen LogP contribution in [0.3, 0.4) is 0 Å². The Morgan fingerprint density at radius 2 is 0.643 bits per heavy atom. The molecular formula is C65H112O5. The second-order valence-corrected chi connectivity index (χ2v) is 19.5. The van der Waals surface area contributed by atoms with Crippen LogP contribution in [0.1, 0.15) is 278 Å². The second-order valence-electron chi connectivity index (χ2n) is 19.5. The Bertz CT molecular complexity index is 1330. The molecule has 402 valence electrons. The summed E-state index contributed by atoms with van der Waals surface area (Å²) in [6.07, 6.45) is 81.5. The lowest BCUT2D eigenvalue weighted by molar-refractivity contribution is -0.163. The van der Waals surface area contributed by atoms with Gasteiger partial charge in [0.1, 0.15) is 6.61 Å². The van der Waals surface area contributed by atoms with E-state index in [9.17, 15) is 9.59 Å². The molecule has 0 saturated carbocycles. The van der Waals surface area contributed by atoms with Gasteiger partial charge in [-0.15, -0.1) is 0 Å². The molecule has 0 aliphatic heterocycles. The molecule has 0 fully saturated rings. The van der Waals surface area contributed by atoms with E-state index in [-0.39, 0.29) is 25.2 Å². The average Bonchev–Trinajstić information content (AvgIpc) is 3.36. The van der Waals surface area contributed by atoms with E-state index in [1.165, 1.54) is 116 Å². The van der Waals surface area contributed by atoms with Crippen molar-refractivity contribution in [3.63, 3.8) is 0 Å². The van der Waals surface area contributed by atoms with Crippen LogP contribution in [0.4, 0.5) is 0 Å². The van der Waals surface area contributed by atoms with E-state index in [0.29, 0.717) is 19.4 Å². The zero-order chi connectivity index (χ0) is 50.6. The van der Waals surface area contributed by atoms with Crippen LogP contribution in [0.15, 0.2) is 97.2 Å². The Kier molecular flexibility index (Phi) is 57.4. The number of esters is 2. The van der Waals surface area contributed by atoms with Crippen molar-refractivity contribution >= 4 is 11.9 Å². The lowest BCUT2D eigenvalue weighted by atomic mass is 10.0. The van der Waals surface area contributed by atoms with Crippen LogP contribution in [-0.4, -0.2) is 37.9 Å². The Balaban J connectivity index is 4.34. The number of allylic oxidation sites excluding steroid dienone is 16. The van der Waals surface area contributed by atoms with Crippen molar-refractivity contribution < 1.29 is 23.8 Å². The maximum atomic E-state index is 12.9. The molecule has 0 aromatic rings. The van der Waals surface area contributed by atoms with Crippen LogP contribution in [0, 0.1) is 0 Å². The SMILES string of the molecule is CC/C=C\C/C=C\C/C=C\C/C=C\CCCCCCC(=O)OCC(COCCCCCCCCCCCCCCCCCCCCCC)OC(=O)CCCCCC/C=C\C/C=C\C/C=C\C/C=C\CC. The van der Waals surface area contributed by atoms with E-state index >= 15 is 0 Å². The third-order valence-electron chi connectivity index (χ3n) is 12.6. The van der Waals surface area contributed by atoms with E-state index in [4.69, 9.17) is 14.2 Å². The zero-order valence-corrected chi connectivity index (χ0v) is 46.3. The molecule has 5 nitrogen and oxygen atoms in total. The number of unbranched alkanes of at least 4 members (excludes halogenated alkanes) is 27. The quantitative estimate of drug-likeness (QED) is 0.0345. The van der Waals surface area contributed by atoms with Gasteiger partial charge in [-0.1, -0.05) is 266 Å². The zero-order valence-electron chi connectivity index (χ0n) is 46.3. The summed E-state index contributed by atoms with van der Waals surface area (Å²) in [5, 5.41) is 0. The molecule has 0 bridgehead atoms. The molecule has 1 unspecified atom stereocenters. The van der Waals surface area contributed by atoms with Gasteiger partial charge >= 0.3 is 11.9 Å². The van der Waals surface area contributed by atoms with Gasteiger partial charge in [-0.3, -0.25) is 9.59 Å². The summed E-state index contributed by atoms with van der Waals surface area (Å²) in [6, 6.07) is 0. The van der Waals surface area contributed by atoms with Crippen molar-refractivity contribution in [2.45, 2.75) is 284 Å². The first-order valence-electron chi connectivity index (χ1n) is 29.8. The molecular weight excluding hydrogens is 861 g/mol. The first-order valence-corrected chi connectivity index (χ1v) is 29.8. The predicted molar refractivity (Wildman–Crippen MR) is 306 cm³/mol. The molecule has 1 atom stereocenters. The first-order chi connectivity index (χ1) is 34.6. The van der Waals surface area contributed by atoms with Crippen LogP contribution in [0.25, 0.3) is 0 Å². The highest BCUT2D eigenvalue weighted by molar-refractivity contribution is 5.70. The fraction of sp³-hybridized carbons (Fsp3) is 0.723. The lowest BCUT2D eigenvalue weighted by Gasteiger charge is -2.18. The summed E-state index contributed by atoms with van der Waals surface area (Å²) in [5.74, 6) is -0.446. The van der Waals surface area contributed by atoms with Gasteiger partial charge in [0, 0.05) is 19.4 Å². The molecule has 0 heterocycles. The summed E-state index contributed by atoms with van der Waals surface area (Å²) in [4.78, 5) is 25.5. The van der Waals surface area contributed by atoms with Gasteiger partial charge in [-0.05, 0) is 96.3 Å². The highest BCUT2D eigenvalue weighted by Crippen LogP contribution is 2.16. The molecule has 0 aliphatic carbocycles. The number of carbonyl (C=O) groups is 2. The van der Waals surface area contributed by atoms with Crippen LogP contribution < -0.4 is 0 Å². The topological polar surface area (TPSA) is 61.8 Å². The maximum Gasteiger partial charge on any atom is 0.306 e. The number of ether oxygens (including phenoxy) is 3. The van der Waals surface area contributed by atoms with Crippen molar-refractivity contribution in [3.05, 3.63) is 97.2 Å². The summed E-state index contributed by atoms with van der Waals surface area (Å²) < 4.78 is 17.5. The predicted octanol–water partition coefficient (Wildman–Crippen LogP) is 20.6. The molecule has 0 radical (unpaired) electrons. The number of hydrogen-bond acceptors (Lipinski definition) is 5. The van der Waals surface area contributed by atoms with Crippen LogP contribution >= 0.6 is 0 Å². The van der Waals surface area contributed by atoms with Gasteiger partial charge in [0.25, 0.3) is 0 Å². The van der Waals surface area contributed by atoms with Gasteiger partial charge in [0.15, 0.2) is 6.10 Å². The van der Waals surface area contributed by atoms with Gasteiger partial charge in [-0.25, -0.2) is 0 Å². The highest BCUT2D eigenvalue weighted by atomic mass is 16.6. The van der Waals surface area contributed by atoms with E-state index in [0.717, 1.165) is 128 Å². The average molecular weight is 974 g/mol. The van der Waals surface area contributed by atoms with E-state index in [2.05, 4.69) is 118 Å². The third kappa shape index (κ3) is 57.4. The normalized spacial score (nSPS) is 12.9. The molecule has 0 aliphatic rings. The van der Waals surface area contributed by atoms with Gasteiger partial charge < -0.3 is 14.2 Å². The number of hydrogen-bond donors (Lipinski definition) is 0. The minimum atomic E-state index is -0.564. The molecule has 0 spiro atoms. The molecule has 0 aromatic carbocycles. The van der Waals surface area contributed by atoms with Crippen molar-refractivity contribution in [1.29, 1.82) is 0 Å². The van der Waals surface area contributed by atoms with Crippen molar-refractivity contribution in [1.82, 2.24) is 0 Å². The minimum Gasteiger partial charge on any atom is -0.462 e. The first kappa shape index (κ1) is 66.8. The molecule has 0 aromatic heterocycles. The molecule has 0 N–H and O–H groups in total. The summed E-state index contributed by atoms with van der Waals surface area (Å²) >= 11 is 0. The van der Waals surface area contributed by atoms with Crippen LogP contribution in [-0.2, 0) is 23.8 Å². The minimum absolute atomic E-state index is 0.0600. The van der Waals surface area contributed by atoms with Gasteiger partial charge in [0.2, 0.25) is 0 Å². The van der Waals surface area contributed by atoms with Crippen LogP contribution in [0.5, 0.6) is 0 Å². The molecule has 0 rings (SSSR count). The Hall–Kier alpha value is -3.18. The lowest BCUT2D eigenvalue weighted by Crippen LogP contribution is -2.30. The molecule has 0 saturated heterocycles. The van der Waals surface area contributed by atoms with Gasteiger partial charge in [-0.2, -0.15) is 0 Å². The fourth-order valence-electron chi connectivity index (χ4n) is 8.26. The Labute approximate surface area is 434 Å². The van der Waals surface area contributed by atoms with Crippen molar-refractivity contribution in [2.75, 3.05) is 19.8 Å². The number of rotatable bonds is 54. The van der Waals surface area contributed by atoms with E-state index in [1.807, 2.05) is 0 Å². The number of carbonyl (C=O) groups excluding carboxylic acids is 2. The molecule has 5 heteroatoms. The molecule has 70 heavy (non-hydrogen) atoms. The monoisotopic (exact) mass is 973 g/mol. The summed E-state index contributed by atoms with van der Waals surface area (Å²) in [7, 11) is 0. The Morgan fingerprint density at radius 3 is 1.03 bits per heavy atom. The third-order valence-corrected chi connectivity index (χ3v) is 12.6. The molecule has 0 amide bonds. The fourth-order valence-corrected chi connectivity index (χ4v) is 8.26. The summed E-state index contributed by atoms with van der Waals surface area (Å²) in [6.45, 7) is 7.58. The maximum absolute atomic E-state index is 12.9. The van der Waals surface area contributed by atoms with E-state index in [1.54, 1.807) is 0 Å². The summed E-state index contributed by atoms with van der Waals surface area (Å²) in [5.41, 5.74) is 0. The van der Waals surface area contributed by atoms with E-state index < -0.39 is 6.10 Å². The van der Waals surface area contributed by atoms with Crippen molar-refractivity contribution in [2.24, 2.45) is 0 Å².